The van der Waals surface area contributed by atoms with Crippen LogP contribution in [-0.2, 0) is 0 Å². The van der Waals surface area contributed by atoms with Crippen molar-refractivity contribution in [3.8, 4) is 5.75 Å². The lowest BCUT2D eigenvalue weighted by Gasteiger charge is -2.17. The lowest BCUT2D eigenvalue weighted by molar-refractivity contribution is -0.0332. The predicted octanol–water partition coefficient (Wildman–Crippen LogP) is 2.66. The molecule has 5 heteroatoms. The molecule has 0 radical (unpaired) electrons. The van der Waals surface area contributed by atoms with Gasteiger partial charge in [0.05, 0.1) is 0 Å². The van der Waals surface area contributed by atoms with Crippen LogP contribution >= 0.6 is 12.4 Å². The Morgan fingerprint density at radius 3 is 2.89 bits per heavy atom. The topological polar surface area (TPSA) is 71.3 Å². The van der Waals surface area contributed by atoms with E-state index >= 15 is 0 Å². The number of aliphatic hydroxyl groups is 1. The summed E-state index contributed by atoms with van der Waals surface area (Å²) < 4.78 is 5.51. The van der Waals surface area contributed by atoms with Crippen molar-refractivity contribution < 1.29 is 9.84 Å². The van der Waals surface area contributed by atoms with E-state index in [0.29, 0.717) is 24.6 Å². The Morgan fingerprint density at radius 2 is 2.16 bits per heavy atom. The molecule has 0 aliphatic rings. The molecule has 0 fully saturated rings. The number of ether oxygens (including phenoxy) is 1. The summed E-state index contributed by atoms with van der Waals surface area (Å²) in [5, 5.41) is 10.9. The lowest BCUT2D eigenvalue weighted by Crippen LogP contribution is -2.20. The molecule has 0 aliphatic heterocycles. The second-order valence-electron chi connectivity index (χ2n) is 4.72. The molecule has 0 aliphatic carbocycles. The summed E-state index contributed by atoms with van der Waals surface area (Å²) in [6, 6.07) is 7.70. The van der Waals surface area contributed by atoms with E-state index in [1.54, 1.807) is 0 Å². The first-order valence-corrected chi connectivity index (χ1v) is 6.31. The first kappa shape index (κ1) is 15.8. The number of aliphatic hydroxyl groups excluding tert-OH is 1. The standard InChI is InChI=1S/C14H20N2O2.ClH/c1-10(4-6-15)8-14(17)18-12-2-3-13-11(9-12)5-7-16-13;/h2-3,5,7,9-10,14,16-17H,4,6,8,15H2,1H3;1H. The second-order valence-corrected chi connectivity index (χ2v) is 4.72. The summed E-state index contributed by atoms with van der Waals surface area (Å²) in [7, 11) is 0. The molecule has 2 atom stereocenters. The molecular weight excluding hydrogens is 264 g/mol. The predicted molar refractivity (Wildman–Crippen MR) is 79.6 cm³/mol. The monoisotopic (exact) mass is 284 g/mol. The maximum Gasteiger partial charge on any atom is 0.197 e. The van der Waals surface area contributed by atoms with Gasteiger partial charge in [0.1, 0.15) is 5.75 Å². The number of halogens is 1. The normalized spacial score (nSPS) is 13.8. The Balaban J connectivity index is 0.00000180. The Labute approximate surface area is 119 Å². The molecule has 1 aromatic heterocycles. The molecule has 0 spiro atoms. The smallest absolute Gasteiger partial charge is 0.197 e. The number of aromatic amines is 1. The minimum absolute atomic E-state index is 0. The Bertz CT molecular complexity index is 501. The number of nitrogens with one attached hydrogen (secondary N) is 1. The summed E-state index contributed by atoms with van der Waals surface area (Å²) in [5.41, 5.74) is 6.55. The van der Waals surface area contributed by atoms with Gasteiger partial charge in [-0.05, 0) is 43.1 Å². The Hall–Kier alpha value is -1.23. The molecule has 4 nitrogen and oxygen atoms in total. The molecule has 0 amide bonds. The fourth-order valence-electron chi connectivity index (χ4n) is 2.06. The van der Waals surface area contributed by atoms with Crippen LogP contribution in [0.25, 0.3) is 10.9 Å². The van der Waals surface area contributed by atoms with E-state index in [-0.39, 0.29) is 12.4 Å². The third-order valence-corrected chi connectivity index (χ3v) is 3.06. The van der Waals surface area contributed by atoms with Crippen LogP contribution in [0.3, 0.4) is 0 Å². The summed E-state index contributed by atoms with van der Waals surface area (Å²) in [6.07, 6.45) is 2.61. The lowest BCUT2D eigenvalue weighted by atomic mass is 10.0. The van der Waals surface area contributed by atoms with Crippen LogP contribution in [0.1, 0.15) is 19.8 Å². The largest absolute Gasteiger partial charge is 0.465 e. The van der Waals surface area contributed by atoms with Crippen molar-refractivity contribution in [2.45, 2.75) is 26.1 Å². The van der Waals surface area contributed by atoms with E-state index in [2.05, 4.69) is 11.9 Å². The number of benzene rings is 1. The van der Waals surface area contributed by atoms with Crippen LogP contribution in [0.4, 0.5) is 0 Å². The average molecular weight is 285 g/mol. The molecule has 4 N–H and O–H groups in total. The minimum atomic E-state index is -0.775. The number of hydrogen-bond donors (Lipinski definition) is 3. The van der Waals surface area contributed by atoms with Crippen LogP contribution in [0.15, 0.2) is 30.5 Å². The van der Waals surface area contributed by atoms with E-state index < -0.39 is 6.29 Å². The van der Waals surface area contributed by atoms with E-state index in [4.69, 9.17) is 10.5 Å². The number of H-pyrrole nitrogens is 1. The van der Waals surface area contributed by atoms with Crippen molar-refractivity contribution in [1.29, 1.82) is 0 Å². The molecule has 1 heterocycles. The van der Waals surface area contributed by atoms with Crippen LogP contribution in [0.2, 0.25) is 0 Å². The average Bonchev–Trinajstić information content (AvgIpc) is 2.76. The van der Waals surface area contributed by atoms with Crippen molar-refractivity contribution in [2.24, 2.45) is 11.7 Å². The minimum Gasteiger partial charge on any atom is -0.465 e. The summed E-state index contributed by atoms with van der Waals surface area (Å²) >= 11 is 0. The number of aromatic nitrogens is 1. The van der Waals surface area contributed by atoms with Crippen LogP contribution in [-0.4, -0.2) is 22.9 Å². The fraction of sp³-hybridized carbons (Fsp3) is 0.429. The first-order valence-electron chi connectivity index (χ1n) is 6.31. The molecule has 0 saturated heterocycles. The molecule has 0 bridgehead atoms. The molecule has 2 unspecified atom stereocenters. The highest BCUT2D eigenvalue weighted by atomic mass is 35.5. The number of hydrogen-bond acceptors (Lipinski definition) is 3. The second kappa shape index (κ2) is 7.38. The number of nitrogens with two attached hydrogens (primary N) is 1. The summed E-state index contributed by atoms with van der Waals surface area (Å²) in [4.78, 5) is 3.12. The van der Waals surface area contributed by atoms with Gasteiger partial charge in [0.25, 0.3) is 0 Å². The summed E-state index contributed by atoms with van der Waals surface area (Å²) in [5.74, 6) is 1.05. The van der Waals surface area contributed by atoms with Crippen molar-refractivity contribution in [1.82, 2.24) is 4.98 Å². The maximum atomic E-state index is 9.85. The van der Waals surface area contributed by atoms with Crippen LogP contribution < -0.4 is 10.5 Å². The zero-order chi connectivity index (χ0) is 13.0. The van der Waals surface area contributed by atoms with E-state index in [1.807, 2.05) is 30.5 Å². The third kappa shape index (κ3) is 4.42. The third-order valence-electron chi connectivity index (χ3n) is 3.06. The van der Waals surface area contributed by atoms with Gasteiger partial charge < -0.3 is 20.6 Å². The highest BCUT2D eigenvalue weighted by Crippen LogP contribution is 2.21. The quantitative estimate of drug-likeness (QED) is 0.714. The SMILES string of the molecule is CC(CCN)CC(O)Oc1ccc2[nH]ccc2c1.Cl. The van der Waals surface area contributed by atoms with Gasteiger partial charge in [-0.2, -0.15) is 0 Å². The highest BCUT2D eigenvalue weighted by Gasteiger charge is 2.11. The van der Waals surface area contributed by atoms with Gasteiger partial charge in [0.2, 0.25) is 0 Å². The molecule has 2 rings (SSSR count). The first-order chi connectivity index (χ1) is 8.69. The molecule has 106 valence electrons. The van der Waals surface area contributed by atoms with Gasteiger partial charge >= 0.3 is 0 Å². The van der Waals surface area contributed by atoms with Crippen molar-refractivity contribution in [2.75, 3.05) is 6.54 Å². The van der Waals surface area contributed by atoms with E-state index in [0.717, 1.165) is 17.3 Å². The van der Waals surface area contributed by atoms with Crippen molar-refractivity contribution in [3.63, 3.8) is 0 Å². The van der Waals surface area contributed by atoms with Crippen LogP contribution in [0, 0.1) is 5.92 Å². The van der Waals surface area contributed by atoms with Gasteiger partial charge in [0.15, 0.2) is 6.29 Å². The summed E-state index contributed by atoms with van der Waals surface area (Å²) in [6.45, 7) is 2.71. The zero-order valence-electron chi connectivity index (χ0n) is 11.0. The van der Waals surface area contributed by atoms with Gasteiger partial charge in [-0.3, -0.25) is 0 Å². The van der Waals surface area contributed by atoms with Gasteiger partial charge in [-0.15, -0.1) is 12.4 Å². The molecule has 1 aromatic carbocycles. The zero-order valence-corrected chi connectivity index (χ0v) is 11.8. The number of fused-ring (bicyclic) bond motifs is 1. The number of rotatable bonds is 6. The van der Waals surface area contributed by atoms with Crippen molar-refractivity contribution in [3.05, 3.63) is 30.5 Å². The van der Waals surface area contributed by atoms with Crippen molar-refractivity contribution >= 4 is 23.3 Å². The highest BCUT2D eigenvalue weighted by molar-refractivity contribution is 5.85. The maximum absolute atomic E-state index is 9.85. The van der Waals surface area contributed by atoms with E-state index in [9.17, 15) is 5.11 Å². The molecule has 0 saturated carbocycles. The molecule has 19 heavy (non-hydrogen) atoms. The molecule has 2 aromatic rings. The van der Waals surface area contributed by atoms with Gasteiger partial charge in [-0.25, -0.2) is 0 Å². The van der Waals surface area contributed by atoms with Crippen LogP contribution in [0.5, 0.6) is 5.75 Å². The fourth-order valence-corrected chi connectivity index (χ4v) is 2.06. The Kier molecular flexibility index (Phi) is 6.15. The van der Waals surface area contributed by atoms with E-state index in [1.165, 1.54) is 0 Å². The van der Waals surface area contributed by atoms with Gasteiger partial charge in [-0.1, -0.05) is 6.92 Å². The van der Waals surface area contributed by atoms with Gasteiger partial charge in [0, 0.05) is 23.5 Å². The molecular formula is C14H21ClN2O2. The Morgan fingerprint density at radius 1 is 1.37 bits per heavy atom.